The summed E-state index contributed by atoms with van der Waals surface area (Å²) in [5.41, 5.74) is -0.464. The third-order valence-corrected chi connectivity index (χ3v) is 2.78. The molecule has 0 aliphatic heterocycles. The van der Waals surface area contributed by atoms with E-state index < -0.39 is 23.6 Å². The molecule has 0 saturated heterocycles. The van der Waals surface area contributed by atoms with E-state index in [2.05, 4.69) is 0 Å². The zero-order chi connectivity index (χ0) is 14.0. The minimum absolute atomic E-state index is 0.148. The summed E-state index contributed by atoms with van der Waals surface area (Å²) in [5.74, 6) is -2.76. The van der Waals surface area contributed by atoms with Crippen molar-refractivity contribution in [3.63, 3.8) is 0 Å². The zero-order valence-electron chi connectivity index (χ0n) is 10.0. The van der Waals surface area contributed by atoms with Crippen molar-refractivity contribution in [2.75, 3.05) is 7.11 Å². The summed E-state index contributed by atoms with van der Waals surface area (Å²) in [4.78, 5) is 0. The zero-order valence-corrected chi connectivity index (χ0v) is 10.0. The lowest BCUT2D eigenvalue weighted by atomic mass is 10.0. The smallest absolute Gasteiger partial charge is 0.164 e. The standard InChI is InChI=1S/C14H11F3O2/c1-19-8-5-6-9(12(16)7-8)14(18)10-3-2-4-11(15)13(10)17/h2-7,14,18H,1H3. The van der Waals surface area contributed by atoms with Gasteiger partial charge in [-0.25, -0.2) is 13.2 Å². The van der Waals surface area contributed by atoms with Crippen molar-refractivity contribution in [1.29, 1.82) is 0 Å². The van der Waals surface area contributed by atoms with E-state index in [0.29, 0.717) is 0 Å². The summed E-state index contributed by atoms with van der Waals surface area (Å²) in [6.07, 6.45) is -1.58. The molecule has 0 spiro atoms. The lowest BCUT2D eigenvalue weighted by Gasteiger charge is -2.14. The maximum absolute atomic E-state index is 13.7. The fraction of sp³-hybridized carbons (Fsp3) is 0.143. The number of rotatable bonds is 3. The number of hydrogen-bond donors (Lipinski definition) is 1. The molecule has 0 radical (unpaired) electrons. The molecular weight excluding hydrogens is 257 g/mol. The van der Waals surface area contributed by atoms with E-state index >= 15 is 0 Å². The second-order valence-electron chi connectivity index (χ2n) is 3.93. The highest BCUT2D eigenvalue weighted by Gasteiger charge is 2.20. The SMILES string of the molecule is COc1ccc(C(O)c2cccc(F)c2F)c(F)c1. The maximum Gasteiger partial charge on any atom is 0.164 e. The number of aliphatic hydroxyl groups is 1. The summed E-state index contributed by atoms with van der Waals surface area (Å²) in [7, 11) is 1.37. The number of ether oxygens (including phenoxy) is 1. The summed E-state index contributed by atoms with van der Waals surface area (Å²) < 4.78 is 45.2. The van der Waals surface area contributed by atoms with Gasteiger partial charge in [0.2, 0.25) is 0 Å². The third kappa shape index (κ3) is 2.56. The maximum atomic E-state index is 13.7. The molecule has 0 heterocycles. The Hall–Kier alpha value is -2.01. The van der Waals surface area contributed by atoms with Gasteiger partial charge in [-0.2, -0.15) is 0 Å². The number of methoxy groups -OCH3 is 1. The molecule has 5 heteroatoms. The molecule has 0 saturated carbocycles. The van der Waals surface area contributed by atoms with Crippen molar-refractivity contribution in [2.45, 2.75) is 6.10 Å². The second kappa shape index (κ2) is 5.32. The van der Waals surface area contributed by atoms with Crippen LogP contribution < -0.4 is 4.74 Å². The van der Waals surface area contributed by atoms with Crippen molar-refractivity contribution in [2.24, 2.45) is 0 Å². The van der Waals surface area contributed by atoms with Crippen LogP contribution in [0.15, 0.2) is 36.4 Å². The van der Waals surface area contributed by atoms with Crippen LogP contribution in [0, 0.1) is 17.5 Å². The van der Waals surface area contributed by atoms with Crippen molar-refractivity contribution in [1.82, 2.24) is 0 Å². The average Bonchev–Trinajstić information content (AvgIpc) is 2.41. The third-order valence-electron chi connectivity index (χ3n) is 2.78. The molecule has 1 unspecified atom stereocenters. The number of aliphatic hydroxyl groups excluding tert-OH is 1. The summed E-state index contributed by atoms with van der Waals surface area (Å²) in [5, 5.41) is 9.95. The Bertz CT molecular complexity index is 599. The lowest BCUT2D eigenvalue weighted by Crippen LogP contribution is -2.06. The van der Waals surface area contributed by atoms with Crippen LogP contribution in [0.2, 0.25) is 0 Å². The highest BCUT2D eigenvalue weighted by molar-refractivity contribution is 5.36. The van der Waals surface area contributed by atoms with Gasteiger partial charge in [0.05, 0.1) is 7.11 Å². The van der Waals surface area contributed by atoms with E-state index in [1.807, 2.05) is 0 Å². The molecular formula is C14H11F3O2. The number of hydrogen-bond acceptors (Lipinski definition) is 2. The molecule has 0 aliphatic rings. The average molecular weight is 268 g/mol. The molecule has 1 atom stereocenters. The second-order valence-corrected chi connectivity index (χ2v) is 3.93. The van der Waals surface area contributed by atoms with Crippen LogP contribution in [0.5, 0.6) is 5.75 Å². The van der Waals surface area contributed by atoms with E-state index in [9.17, 15) is 18.3 Å². The molecule has 0 fully saturated rings. The molecule has 100 valence electrons. The van der Waals surface area contributed by atoms with Crippen LogP contribution in [-0.2, 0) is 0 Å². The summed E-state index contributed by atoms with van der Waals surface area (Å²) >= 11 is 0. The minimum Gasteiger partial charge on any atom is -0.497 e. The first-order valence-corrected chi connectivity index (χ1v) is 5.50. The number of benzene rings is 2. The molecule has 0 aliphatic carbocycles. The minimum atomic E-state index is -1.58. The van der Waals surface area contributed by atoms with Crippen LogP contribution in [0.1, 0.15) is 17.2 Å². The quantitative estimate of drug-likeness (QED) is 0.926. The van der Waals surface area contributed by atoms with Crippen molar-refractivity contribution >= 4 is 0 Å². The van der Waals surface area contributed by atoms with E-state index in [-0.39, 0.29) is 16.9 Å². The Kier molecular flexibility index (Phi) is 3.76. The van der Waals surface area contributed by atoms with Crippen LogP contribution in [0.25, 0.3) is 0 Å². The van der Waals surface area contributed by atoms with Crippen LogP contribution in [-0.4, -0.2) is 12.2 Å². The molecule has 2 aromatic rings. The summed E-state index contributed by atoms with van der Waals surface area (Å²) in [6.45, 7) is 0. The topological polar surface area (TPSA) is 29.5 Å². The normalized spacial score (nSPS) is 12.3. The Morgan fingerprint density at radius 3 is 2.37 bits per heavy atom. The highest BCUT2D eigenvalue weighted by atomic mass is 19.2. The Balaban J connectivity index is 2.44. The van der Waals surface area contributed by atoms with Gasteiger partial charge in [0.1, 0.15) is 17.7 Å². The van der Waals surface area contributed by atoms with Crippen LogP contribution >= 0.6 is 0 Å². The molecule has 0 aromatic heterocycles. The van der Waals surface area contributed by atoms with E-state index in [1.165, 1.54) is 31.4 Å². The first-order chi connectivity index (χ1) is 9.04. The highest BCUT2D eigenvalue weighted by Crippen LogP contribution is 2.29. The van der Waals surface area contributed by atoms with E-state index in [4.69, 9.17) is 4.74 Å². The van der Waals surface area contributed by atoms with Crippen molar-refractivity contribution in [3.8, 4) is 5.75 Å². The molecule has 1 N–H and O–H groups in total. The van der Waals surface area contributed by atoms with Gasteiger partial charge in [0.15, 0.2) is 11.6 Å². The van der Waals surface area contributed by atoms with E-state index in [0.717, 1.165) is 12.1 Å². The Morgan fingerprint density at radius 2 is 1.74 bits per heavy atom. The van der Waals surface area contributed by atoms with Gasteiger partial charge in [-0.1, -0.05) is 12.1 Å². The largest absolute Gasteiger partial charge is 0.497 e. The van der Waals surface area contributed by atoms with E-state index in [1.54, 1.807) is 0 Å². The predicted molar refractivity (Wildman–Crippen MR) is 63.4 cm³/mol. The van der Waals surface area contributed by atoms with Crippen molar-refractivity contribution in [3.05, 3.63) is 65.0 Å². The molecule has 0 amide bonds. The van der Waals surface area contributed by atoms with Gasteiger partial charge in [0.25, 0.3) is 0 Å². The molecule has 19 heavy (non-hydrogen) atoms. The molecule has 0 bridgehead atoms. The molecule has 2 aromatic carbocycles. The summed E-state index contributed by atoms with van der Waals surface area (Å²) in [6, 6.07) is 7.14. The fourth-order valence-electron chi connectivity index (χ4n) is 1.76. The first kappa shape index (κ1) is 13.4. The molecule has 2 nitrogen and oxygen atoms in total. The Labute approximate surface area is 108 Å². The van der Waals surface area contributed by atoms with Gasteiger partial charge >= 0.3 is 0 Å². The van der Waals surface area contributed by atoms with Gasteiger partial charge in [-0.3, -0.25) is 0 Å². The monoisotopic (exact) mass is 268 g/mol. The van der Waals surface area contributed by atoms with Gasteiger partial charge < -0.3 is 9.84 Å². The first-order valence-electron chi connectivity index (χ1n) is 5.50. The fourth-order valence-corrected chi connectivity index (χ4v) is 1.76. The predicted octanol–water partition coefficient (Wildman–Crippen LogP) is 3.19. The number of halogens is 3. The Morgan fingerprint density at radius 1 is 1.00 bits per heavy atom. The van der Waals surface area contributed by atoms with Crippen LogP contribution in [0.4, 0.5) is 13.2 Å². The lowest BCUT2D eigenvalue weighted by molar-refractivity contribution is 0.208. The van der Waals surface area contributed by atoms with Gasteiger partial charge in [-0.05, 0) is 18.2 Å². The van der Waals surface area contributed by atoms with Crippen LogP contribution in [0.3, 0.4) is 0 Å². The van der Waals surface area contributed by atoms with Gasteiger partial charge in [0, 0.05) is 17.2 Å². The molecule has 2 rings (SSSR count). The van der Waals surface area contributed by atoms with Crippen molar-refractivity contribution < 1.29 is 23.0 Å². The van der Waals surface area contributed by atoms with Gasteiger partial charge in [-0.15, -0.1) is 0 Å².